The van der Waals surface area contributed by atoms with Gasteiger partial charge in [-0.05, 0) is 58.8 Å². The molecule has 0 aromatic heterocycles. The number of ether oxygens (including phenoxy) is 1. The van der Waals surface area contributed by atoms with Crippen molar-refractivity contribution in [2.24, 2.45) is 0 Å². The molecule has 1 fully saturated rings. The van der Waals surface area contributed by atoms with Crippen molar-refractivity contribution in [3.8, 4) is 22.9 Å². The summed E-state index contributed by atoms with van der Waals surface area (Å²) in [6.45, 7) is 3.13. The number of hydrogen-bond acceptors (Lipinski definition) is 3. The summed E-state index contributed by atoms with van der Waals surface area (Å²) in [5.74, 6) is 1.32. The van der Waals surface area contributed by atoms with Gasteiger partial charge in [-0.2, -0.15) is 5.26 Å². The monoisotopic (exact) mass is 382 g/mol. The molecule has 0 saturated carbocycles. The average Bonchev–Trinajstić information content (AvgIpc) is 3.23. The summed E-state index contributed by atoms with van der Waals surface area (Å²) in [4.78, 5) is 2.53. The van der Waals surface area contributed by atoms with Crippen LogP contribution in [0.15, 0.2) is 72.8 Å². The maximum Gasteiger partial charge on any atom is 0.119 e. The first kappa shape index (κ1) is 19.2. The maximum absolute atomic E-state index is 9.37. The van der Waals surface area contributed by atoms with Gasteiger partial charge in [-0.3, -0.25) is 4.90 Å². The summed E-state index contributed by atoms with van der Waals surface area (Å²) in [5, 5.41) is 9.37. The Morgan fingerprint density at radius 1 is 1.03 bits per heavy atom. The second kappa shape index (κ2) is 8.94. The standard InChI is InChI=1S/C26H26N2O/c1-29-24-11-5-10-22(17-24)26-21(13-15-27)9-6-12-25(26)23-14-16-28(19-23)18-20-7-3-2-4-8-20/h2-12,17,23H,13-14,16,18-19H2,1H3. The Hall–Kier alpha value is -3.09. The Morgan fingerprint density at radius 2 is 1.86 bits per heavy atom. The molecule has 3 aromatic carbocycles. The van der Waals surface area contributed by atoms with Gasteiger partial charge in [-0.25, -0.2) is 0 Å². The van der Waals surface area contributed by atoms with Gasteiger partial charge in [0.05, 0.1) is 19.6 Å². The number of nitriles is 1. The number of hydrogen-bond donors (Lipinski definition) is 0. The lowest BCUT2D eigenvalue weighted by molar-refractivity contribution is 0.327. The predicted octanol–water partition coefficient (Wildman–Crippen LogP) is 5.42. The van der Waals surface area contributed by atoms with Gasteiger partial charge >= 0.3 is 0 Å². The Bertz CT molecular complexity index is 1010. The number of nitrogens with zero attached hydrogens (tertiary/aromatic N) is 2. The number of methoxy groups -OCH3 is 1. The fourth-order valence-electron chi connectivity index (χ4n) is 4.40. The zero-order valence-corrected chi connectivity index (χ0v) is 16.8. The lowest BCUT2D eigenvalue weighted by atomic mass is 9.86. The number of likely N-dealkylation sites (tertiary alicyclic amines) is 1. The Labute approximate surface area is 173 Å². The molecule has 3 heteroatoms. The van der Waals surface area contributed by atoms with E-state index in [1.54, 1.807) is 7.11 Å². The van der Waals surface area contributed by atoms with Gasteiger partial charge < -0.3 is 4.74 Å². The van der Waals surface area contributed by atoms with Gasteiger partial charge in [0, 0.05) is 13.1 Å². The fraction of sp³-hybridized carbons (Fsp3) is 0.269. The third kappa shape index (κ3) is 4.34. The molecule has 3 aromatic rings. The maximum atomic E-state index is 9.37. The van der Waals surface area contributed by atoms with Crippen molar-refractivity contribution in [1.29, 1.82) is 5.26 Å². The summed E-state index contributed by atoms with van der Waals surface area (Å²) in [7, 11) is 1.69. The van der Waals surface area contributed by atoms with E-state index < -0.39 is 0 Å². The molecule has 1 aliphatic heterocycles. The highest BCUT2D eigenvalue weighted by Gasteiger charge is 2.27. The molecular formula is C26H26N2O. The highest BCUT2D eigenvalue weighted by Crippen LogP contribution is 2.38. The average molecular weight is 383 g/mol. The molecule has 0 bridgehead atoms. The van der Waals surface area contributed by atoms with Crippen molar-refractivity contribution in [1.82, 2.24) is 4.90 Å². The molecule has 1 saturated heterocycles. The van der Waals surface area contributed by atoms with Crippen LogP contribution in [0, 0.1) is 11.3 Å². The Kier molecular flexibility index (Phi) is 5.93. The molecule has 0 N–H and O–H groups in total. The SMILES string of the molecule is COc1cccc(-c2c(CC#N)cccc2C2CCN(Cc3ccccc3)C2)c1. The first-order valence-corrected chi connectivity index (χ1v) is 10.2. The molecule has 0 radical (unpaired) electrons. The van der Waals surface area contributed by atoms with Crippen LogP contribution in [0.4, 0.5) is 0 Å². The van der Waals surface area contributed by atoms with Crippen molar-refractivity contribution in [3.05, 3.63) is 89.5 Å². The molecule has 0 amide bonds. The largest absolute Gasteiger partial charge is 0.497 e. The van der Waals surface area contributed by atoms with Gasteiger partial charge in [0.1, 0.15) is 5.75 Å². The van der Waals surface area contributed by atoms with E-state index in [1.165, 1.54) is 16.7 Å². The lowest BCUT2D eigenvalue weighted by Gasteiger charge is -2.20. The summed E-state index contributed by atoms with van der Waals surface area (Å²) in [6, 6.07) is 27.6. The molecule has 4 rings (SSSR count). The molecule has 0 aliphatic carbocycles. The third-order valence-electron chi connectivity index (χ3n) is 5.77. The number of rotatable bonds is 6. The summed E-state index contributed by atoms with van der Waals surface area (Å²) >= 11 is 0. The van der Waals surface area contributed by atoms with Crippen LogP contribution in [0.25, 0.3) is 11.1 Å². The Balaban J connectivity index is 1.65. The minimum Gasteiger partial charge on any atom is -0.497 e. The summed E-state index contributed by atoms with van der Waals surface area (Å²) < 4.78 is 5.45. The molecule has 1 aliphatic rings. The van der Waals surface area contributed by atoms with Crippen molar-refractivity contribution in [3.63, 3.8) is 0 Å². The van der Waals surface area contributed by atoms with Crippen molar-refractivity contribution < 1.29 is 4.74 Å². The van der Waals surface area contributed by atoms with Crippen LogP contribution in [0.1, 0.15) is 29.0 Å². The lowest BCUT2D eigenvalue weighted by Crippen LogP contribution is -2.19. The van der Waals surface area contributed by atoms with E-state index in [0.717, 1.165) is 42.9 Å². The molecule has 1 atom stereocenters. The molecule has 0 spiro atoms. The van der Waals surface area contributed by atoms with E-state index in [0.29, 0.717) is 12.3 Å². The summed E-state index contributed by atoms with van der Waals surface area (Å²) in [6.07, 6.45) is 1.56. The summed E-state index contributed by atoms with van der Waals surface area (Å²) in [5.41, 5.74) is 6.15. The highest BCUT2D eigenvalue weighted by molar-refractivity contribution is 5.73. The second-order valence-corrected chi connectivity index (χ2v) is 7.65. The van der Waals surface area contributed by atoms with Crippen LogP contribution in [0.3, 0.4) is 0 Å². The zero-order chi connectivity index (χ0) is 20.1. The molecule has 1 unspecified atom stereocenters. The van der Waals surface area contributed by atoms with Crippen molar-refractivity contribution in [2.75, 3.05) is 20.2 Å². The Morgan fingerprint density at radius 3 is 2.66 bits per heavy atom. The molecule has 3 nitrogen and oxygen atoms in total. The minimum atomic E-state index is 0.417. The van der Waals surface area contributed by atoms with E-state index >= 15 is 0 Å². The van der Waals surface area contributed by atoms with Crippen LogP contribution < -0.4 is 4.74 Å². The predicted molar refractivity (Wildman–Crippen MR) is 117 cm³/mol. The van der Waals surface area contributed by atoms with Gasteiger partial charge in [0.2, 0.25) is 0 Å². The van der Waals surface area contributed by atoms with E-state index in [-0.39, 0.29) is 0 Å². The smallest absolute Gasteiger partial charge is 0.119 e. The molecule has 1 heterocycles. The molecular weight excluding hydrogens is 356 g/mol. The van der Waals surface area contributed by atoms with E-state index in [4.69, 9.17) is 4.74 Å². The fourth-order valence-corrected chi connectivity index (χ4v) is 4.40. The van der Waals surface area contributed by atoms with Crippen LogP contribution >= 0.6 is 0 Å². The highest BCUT2D eigenvalue weighted by atomic mass is 16.5. The zero-order valence-electron chi connectivity index (χ0n) is 16.8. The van der Waals surface area contributed by atoms with Crippen molar-refractivity contribution >= 4 is 0 Å². The molecule has 146 valence electrons. The van der Waals surface area contributed by atoms with Gasteiger partial charge in [0.25, 0.3) is 0 Å². The van der Waals surface area contributed by atoms with Crippen LogP contribution in [-0.4, -0.2) is 25.1 Å². The van der Waals surface area contributed by atoms with Gasteiger partial charge in [0.15, 0.2) is 0 Å². The first-order valence-electron chi connectivity index (χ1n) is 10.2. The first-order chi connectivity index (χ1) is 14.3. The topological polar surface area (TPSA) is 36.3 Å². The van der Waals surface area contributed by atoms with Gasteiger partial charge in [-0.1, -0.05) is 60.7 Å². The van der Waals surface area contributed by atoms with Crippen LogP contribution in [0.5, 0.6) is 5.75 Å². The minimum absolute atomic E-state index is 0.417. The van der Waals surface area contributed by atoms with Crippen molar-refractivity contribution in [2.45, 2.75) is 25.3 Å². The quantitative estimate of drug-likeness (QED) is 0.571. The second-order valence-electron chi connectivity index (χ2n) is 7.65. The normalized spacial score (nSPS) is 16.5. The van der Waals surface area contributed by atoms with Crippen LogP contribution in [-0.2, 0) is 13.0 Å². The van der Waals surface area contributed by atoms with Gasteiger partial charge in [-0.15, -0.1) is 0 Å². The van der Waals surface area contributed by atoms with E-state index in [9.17, 15) is 5.26 Å². The van der Waals surface area contributed by atoms with E-state index in [2.05, 4.69) is 71.6 Å². The molecule has 29 heavy (non-hydrogen) atoms. The third-order valence-corrected chi connectivity index (χ3v) is 5.77. The number of benzene rings is 3. The van der Waals surface area contributed by atoms with Crippen LogP contribution in [0.2, 0.25) is 0 Å². The van der Waals surface area contributed by atoms with E-state index in [1.807, 2.05) is 12.1 Å².